The Balaban J connectivity index is 2.12. The number of para-hydroxylation sites is 2. The van der Waals surface area contributed by atoms with Crippen LogP contribution in [0.1, 0.15) is 39.5 Å². The van der Waals surface area contributed by atoms with Gasteiger partial charge in [0.15, 0.2) is 0 Å². The van der Waals surface area contributed by atoms with E-state index in [1.807, 2.05) is 12.1 Å². The third-order valence-electron chi connectivity index (χ3n) is 3.65. The molecule has 0 bridgehead atoms. The summed E-state index contributed by atoms with van der Waals surface area (Å²) in [4.78, 5) is 2.29. The lowest BCUT2D eigenvalue weighted by molar-refractivity contribution is 0.414. The zero-order valence-corrected chi connectivity index (χ0v) is 14.2. The molecule has 0 aromatic heterocycles. The molecule has 1 N–H and O–H groups in total. The van der Waals surface area contributed by atoms with Gasteiger partial charge in [0.25, 0.3) is 0 Å². The molecular weight excluding hydrogens is 260 g/mol. The van der Waals surface area contributed by atoms with E-state index in [0.717, 1.165) is 31.3 Å². The molecule has 0 atom stereocenters. The van der Waals surface area contributed by atoms with E-state index in [0.29, 0.717) is 0 Å². The number of hydrogen-bond donors (Lipinski definition) is 1. The summed E-state index contributed by atoms with van der Waals surface area (Å²) in [5.41, 5.74) is 1.18. The molecule has 0 saturated carbocycles. The summed E-state index contributed by atoms with van der Waals surface area (Å²) in [6.45, 7) is 7.87. The second-order valence-corrected chi connectivity index (χ2v) is 6.11. The molecule has 21 heavy (non-hydrogen) atoms. The number of anilines is 1. The van der Waals surface area contributed by atoms with Gasteiger partial charge in [0, 0.05) is 13.6 Å². The Morgan fingerprint density at radius 2 is 1.81 bits per heavy atom. The van der Waals surface area contributed by atoms with E-state index in [4.69, 9.17) is 4.74 Å². The van der Waals surface area contributed by atoms with E-state index >= 15 is 0 Å². The number of hydrogen-bond acceptors (Lipinski definition) is 3. The molecule has 0 spiro atoms. The first kappa shape index (κ1) is 17.8. The maximum Gasteiger partial charge on any atom is 0.142 e. The van der Waals surface area contributed by atoms with Crippen molar-refractivity contribution < 1.29 is 4.74 Å². The first-order chi connectivity index (χ1) is 10.1. The summed E-state index contributed by atoms with van der Waals surface area (Å²) >= 11 is 0. The highest BCUT2D eigenvalue weighted by Gasteiger charge is 2.06. The second kappa shape index (κ2) is 10.5. The van der Waals surface area contributed by atoms with Crippen molar-refractivity contribution in [3.05, 3.63) is 24.3 Å². The molecule has 120 valence electrons. The van der Waals surface area contributed by atoms with Crippen molar-refractivity contribution in [2.45, 2.75) is 39.5 Å². The highest BCUT2D eigenvalue weighted by molar-refractivity contribution is 5.57. The maximum atomic E-state index is 5.41. The van der Waals surface area contributed by atoms with Gasteiger partial charge in [0.05, 0.1) is 12.8 Å². The summed E-state index contributed by atoms with van der Waals surface area (Å²) in [5.74, 6) is 1.71. The number of benzene rings is 1. The maximum absolute atomic E-state index is 5.41. The van der Waals surface area contributed by atoms with Crippen molar-refractivity contribution in [3.8, 4) is 5.75 Å². The third-order valence-corrected chi connectivity index (χ3v) is 3.65. The smallest absolute Gasteiger partial charge is 0.142 e. The second-order valence-electron chi connectivity index (χ2n) is 6.11. The Morgan fingerprint density at radius 1 is 1.10 bits per heavy atom. The van der Waals surface area contributed by atoms with Gasteiger partial charge in [0.1, 0.15) is 5.75 Å². The fraction of sp³-hybridized carbons (Fsp3) is 0.667. The lowest BCUT2D eigenvalue weighted by atomic mass is 10.1. The zero-order valence-electron chi connectivity index (χ0n) is 14.2. The first-order valence-corrected chi connectivity index (χ1v) is 8.20. The standard InChI is InChI=1S/C18H32N2O/c1-16(2)15-19-13-9-5-6-10-14-20(3)17-11-7-8-12-18(17)21-4/h7-8,11-12,16,19H,5-6,9-10,13-15H2,1-4H3. The average molecular weight is 292 g/mol. The van der Waals surface area contributed by atoms with Gasteiger partial charge in [-0.2, -0.15) is 0 Å². The fourth-order valence-corrected chi connectivity index (χ4v) is 2.41. The van der Waals surface area contributed by atoms with Crippen LogP contribution < -0.4 is 15.0 Å². The molecule has 1 aromatic carbocycles. The van der Waals surface area contributed by atoms with Crippen molar-refractivity contribution in [1.82, 2.24) is 5.32 Å². The van der Waals surface area contributed by atoms with Crippen LogP contribution in [0.5, 0.6) is 5.75 Å². The Labute approximate surface area is 130 Å². The van der Waals surface area contributed by atoms with Crippen LogP contribution in [0.15, 0.2) is 24.3 Å². The molecular formula is C18H32N2O. The first-order valence-electron chi connectivity index (χ1n) is 8.20. The molecule has 0 unspecified atom stereocenters. The van der Waals surface area contributed by atoms with Crippen LogP contribution in [0.25, 0.3) is 0 Å². The number of nitrogens with zero attached hydrogens (tertiary/aromatic N) is 1. The van der Waals surface area contributed by atoms with Crippen LogP contribution in [-0.4, -0.2) is 33.8 Å². The Hall–Kier alpha value is -1.22. The molecule has 0 aliphatic carbocycles. The van der Waals surface area contributed by atoms with Gasteiger partial charge in [-0.25, -0.2) is 0 Å². The van der Waals surface area contributed by atoms with Gasteiger partial charge in [-0.15, -0.1) is 0 Å². The minimum absolute atomic E-state index is 0.750. The summed E-state index contributed by atoms with van der Waals surface area (Å²) < 4.78 is 5.41. The Bertz CT molecular complexity index is 379. The summed E-state index contributed by atoms with van der Waals surface area (Å²) in [7, 11) is 3.87. The van der Waals surface area contributed by atoms with E-state index in [2.05, 4.69) is 43.2 Å². The van der Waals surface area contributed by atoms with Gasteiger partial charge < -0.3 is 15.0 Å². The molecule has 3 nitrogen and oxygen atoms in total. The van der Waals surface area contributed by atoms with Gasteiger partial charge in [-0.05, 0) is 44.0 Å². The number of nitrogens with one attached hydrogen (secondary N) is 1. The predicted octanol–water partition coefficient (Wildman–Crippen LogP) is 3.94. The van der Waals surface area contributed by atoms with Crippen molar-refractivity contribution >= 4 is 5.69 Å². The van der Waals surface area contributed by atoms with Gasteiger partial charge >= 0.3 is 0 Å². The van der Waals surface area contributed by atoms with Crippen molar-refractivity contribution in [1.29, 1.82) is 0 Å². The van der Waals surface area contributed by atoms with Crippen molar-refractivity contribution in [3.63, 3.8) is 0 Å². The fourth-order valence-electron chi connectivity index (χ4n) is 2.41. The molecule has 1 rings (SSSR count). The Kier molecular flexibility index (Phi) is 8.91. The largest absolute Gasteiger partial charge is 0.495 e. The molecule has 0 saturated heterocycles. The van der Waals surface area contributed by atoms with Crippen molar-refractivity contribution in [2.24, 2.45) is 5.92 Å². The van der Waals surface area contributed by atoms with E-state index in [1.54, 1.807) is 7.11 Å². The number of ether oxygens (including phenoxy) is 1. The average Bonchev–Trinajstić information content (AvgIpc) is 2.49. The lowest BCUT2D eigenvalue weighted by Crippen LogP contribution is -2.21. The van der Waals surface area contributed by atoms with Crippen LogP contribution in [-0.2, 0) is 0 Å². The third kappa shape index (κ3) is 7.37. The number of rotatable bonds is 11. The van der Waals surface area contributed by atoms with Gasteiger partial charge in [0.2, 0.25) is 0 Å². The Morgan fingerprint density at radius 3 is 2.52 bits per heavy atom. The minimum atomic E-state index is 0.750. The summed E-state index contributed by atoms with van der Waals surface area (Å²) in [6.07, 6.45) is 5.12. The van der Waals surface area contributed by atoms with E-state index in [-0.39, 0.29) is 0 Å². The molecule has 3 heteroatoms. The SMILES string of the molecule is COc1ccccc1N(C)CCCCCCNCC(C)C. The lowest BCUT2D eigenvalue weighted by Gasteiger charge is -2.21. The summed E-state index contributed by atoms with van der Waals surface area (Å²) in [5, 5.41) is 3.50. The number of unbranched alkanes of at least 4 members (excludes halogenated alkanes) is 3. The highest BCUT2D eigenvalue weighted by Crippen LogP contribution is 2.26. The molecule has 1 aromatic rings. The van der Waals surface area contributed by atoms with E-state index < -0.39 is 0 Å². The molecule has 0 heterocycles. The van der Waals surface area contributed by atoms with Crippen LogP contribution in [0, 0.1) is 5.92 Å². The van der Waals surface area contributed by atoms with E-state index in [1.165, 1.54) is 31.4 Å². The van der Waals surface area contributed by atoms with E-state index in [9.17, 15) is 0 Å². The van der Waals surface area contributed by atoms with Crippen LogP contribution >= 0.6 is 0 Å². The zero-order chi connectivity index (χ0) is 15.5. The topological polar surface area (TPSA) is 24.5 Å². The predicted molar refractivity (Wildman–Crippen MR) is 92.4 cm³/mol. The minimum Gasteiger partial charge on any atom is -0.495 e. The normalized spacial score (nSPS) is 10.9. The highest BCUT2D eigenvalue weighted by atomic mass is 16.5. The van der Waals surface area contributed by atoms with Crippen LogP contribution in [0.4, 0.5) is 5.69 Å². The van der Waals surface area contributed by atoms with Crippen LogP contribution in [0.2, 0.25) is 0 Å². The van der Waals surface area contributed by atoms with Crippen molar-refractivity contribution in [2.75, 3.05) is 38.7 Å². The summed E-state index contributed by atoms with van der Waals surface area (Å²) in [6, 6.07) is 8.22. The quantitative estimate of drug-likeness (QED) is 0.625. The number of methoxy groups -OCH3 is 1. The van der Waals surface area contributed by atoms with Crippen LogP contribution in [0.3, 0.4) is 0 Å². The van der Waals surface area contributed by atoms with Gasteiger partial charge in [-0.1, -0.05) is 38.8 Å². The molecule has 0 aliphatic heterocycles. The monoisotopic (exact) mass is 292 g/mol. The molecule has 0 amide bonds. The van der Waals surface area contributed by atoms with Gasteiger partial charge in [-0.3, -0.25) is 0 Å². The molecule has 0 aliphatic rings. The molecule has 0 radical (unpaired) electrons. The molecule has 0 fully saturated rings.